The first kappa shape index (κ1) is 25.6. The van der Waals surface area contributed by atoms with Crippen LogP contribution in [0.1, 0.15) is 57.1 Å². The lowest BCUT2D eigenvalue weighted by atomic mass is 9.91. The van der Waals surface area contributed by atoms with Crippen LogP contribution in [0.2, 0.25) is 0 Å². The van der Waals surface area contributed by atoms with Gasteiger partial charge in [0.1, 0.15) is 5.82 Å². The van der Waals surface area contributed by atoms with Gasteiger partial charge in [0.2, 0.25) is 0 Å². The average Bonchev–Trinajstić information content (AvgIpc) is 2.92. The van der Waals surface area contributed by atoms with Gasteiger partial charge in [0.25, 0.3) is 0 Å². The van der Waals surface area contributed by atoms with Gasteiger partial charge >= 0.3 is 0 Å². The Morgan fingerprint density at radius 2 is 2.00 bits per heavy atom. The number of allylic oxidation sites excluding steroid dienone is 2. The van der Waals surface area contributed by atoms with Gasteiger partial charge in [-0.25, -0.2) is 4.99 Å². The number of piperazine rings is 1. The first-order chi connectivity index (χ1) is 17.2. The van der Waals surface area contributed by atoms with Crippen molar-refractivity contribution in [1.29, 1.82) is 0 Å². The van der Waals surface area contributed by atoms with E-state index in [1.165, 1.54) is 54.6 Å². The molecule has 1 saturated heterocycles. The van der Waals surface area contributed by atoms with Crippen molar-refractivity contribution in [2.24, 2.45) is 9.98 Å². The molecule has 3 heterocycles. The number of likely N-dealkylation sites (N-methyl/N-ethyl adjacent to an activating group) is 1. The molecule has 0 radical (unpaired) electrons. The highest BCUT2D eigenvalue weighted by molar-refractivity contribution is 6.01. The van der Waals surface area contributed by atoms with Crippen molar-refractivity contribution in [3.05, 3.63) is 52.9 Å². The number of dihydropyridines is 1. The first-order valence-electron chi connectivity index (χ1n) is 13.6. The number of fused-ring (bicyclic) bond motifs is 2. The normalized spacial score (nSPS) is 22.6. The lowest BCUT2D eigenvalue weighted by molar-refractivity contribution is 0.318. The first-order valence-corrected chi connectivity index (χ1v) is 13.6. The molecule has 2 N–H and O–H groups in total. The van der Waals surface area contributed by atoms with Crippen molar-refractivity contribution in [1.82, 2.24) is 15.5 Å². The molecule has 1 aliphatic carbocycles. The molecule has 4 aliphatic rings. The number of nitrogens with one attached hydrogen (secondary N) is 2. The molecule has 6 nitrogen and oxygen atoms in total. The van der Waals surface area contributed by atoms with Gasteiger partial charge in [0.05, 0.1) is 0 Å². The fourth-order valence-electron chi connectivity index (χ4n) is 5.68. The summed E-state index contributed by atoms with van der Waals surface area (Å²) < 4.78 is 0. The van der Waals surface area contributed by atoms with Crippen LogP contribution in [0.4, 0.5) is 5.69 Å². The van der Waals surface area contributed by atoms with E-state index in [0.29, 0.717) is 6.04 Å². The SMILES string of the molecule is C/C=N\C(=C/C)N1CCN(c2cccc3c2C[C@@H](CNC)NC3)CC1.C1=C2CCCCC2=NCC1. The quantitative estimate of drug-likeness (QED) is 0.622. The minimum absolute atomic E-state index is 0.522. The van der Waals surface area contributed by atoms with Crippen molar-refractivity contribution in [3.63, 3.8) is 0 Å². The van der Waals surface area contributed by atoms with E-state index in [2.05, 4.69) is 67.7 Å². The van der Waals surface area contributed by atoms with Gasteiger partial charge in [-0.15, -0.1) is 0 Å². The molecule has 0 amide bonds. The molecule has 2 fully saturated rings. The van der Waals surface area contributed by atoms with Crippen molar-refractivity contribution in [3.8, 4) is 0 Å². The van der Waals surface area contributed by atoms with Crippen molar-refractivity contribution in [2.75, 3.05) is 51.2 Å². The fourth-order valence-corrected chi connectivity index (χ4v) is 5.68. The molecule has 1 saturated carbocycles. The fraction of sp³-hybridized carbons (Fsp3) is 0.586. The van der Waals surface area contributed by atoms with Crippen LogP contribution >= 0.6 is 0 Å². The Bertz CT molecular complexity index is 930. The molecule has 190 valence electrons. The second-order valence-electron chi connectivity index (χ2n) is 9.82. The van der Waals surface area contributed by atoms with Crippen molar-refractivity contribution in [2.45, 2.75) is 65.0 Å². The number of rotatable bonds is 5. The molecule has 1 aromatic carbocycles. The third-order valence-corrected chi connectivity index (χ3v) is 7.50. The van der Waals surface area contributed by atoms with E-state index in [0.717, 1.165) is 58.1 Å². The summed E-state index contributed by atoms with van der Waals surface area (Å²) >= 11 is 0. The molecular weight excluding hydrogens is 432 g/mol. The van der Waals surface area contributed by atoms with E-state index in [4.69, 9.17) is 0 Å². The van der Waals surface area contributed by atoms with Gasteiger partial charge in [-0.1, -0.05) is 18.2 Å². The van der Waals surface area contributed by atoms with Crippen LogP contribution < -0.4 is 15.5 Å². The molecule has 0 unspecified atom stereocenters. The van der Waals surface area contributed by atoms with Gasteiger partial charge < -0.3 is 20.4 Å². The number of nitrogens with zero attached hydrogens (tertiary/aromatic N) is 4. The Hall–Kier alpha value is -2.44. The molecule has 0 aromatic heterocycles. The number of aliphatic imine (C=N–C) groups is 2. The number of hydrogen-bond acceptors (Lipinski definition) is 6. The smallest absolute Gasteiger partial charge is 0.123 e. The minimum atomic E-state index is 0.522. The Morgan fingerprint density at radius 1 is 1.17 bits per heavy atom. The molecule has 1 atom stereocenters. The monoisotopic (exact) mass is 476 g/mol. The number of anilines is 1. The van der Waals surface area contributed by atoms with E-state index in [-0.39, 0.29) is 0 Å². The van der Waals surface area contributed by atoms with Crippen LogP contribution in [0.5, 0.6) is 0 Å². The maximum absolute atomic E-state index is 4.50. The molecule has 5 rings (SSSR count). The summed E-state index contributed by atoms with van der Waals surface area (Å²) in [6.45, 7) is 11.2. The topological polar surface area (TPSA) is 55.3 Å². The highest BCUT2D eigenvalue weighted by Crippen LogP contribution is 2.29. The summed E-state index contributed by atoms with van der Waals surface area (Å²) in [5, 5.41) is 6.94. The summed E-state index contributed by atoms with van der Waals surface area (Å²) in [4.78, 5) is 13.9. The number of benzene rings is 1. The standard InChI is InChI=1S/C20H31N5.C9H13N/c1-4-20(22-5-2)25-11-9-24(10-12-25)19-8-6-7-16-14-23-17(15-21-3)13-18(16)19;1-2-6-9-8(4-1)5-3-7-10-9/h4-8,17,21,23H,9-15H2,1-3H3;5H,1-4,6-7H2/b20-4+,22-5-;/t17-;/m0./s1. The molecule has 1 aromatic rings. The molecule has 6 heteroatoms. The zero-order valence-electron chi connectivity index (χ0n) is 22.0. The third kappa shape index (κ3) is 6.62. The van der Waals surface area contributed by atoms with Crippen LogP contribution in [-0.4, -0.2) is 69.2 Å². The predicted octanol–water partition coefficient (Wildman–Crippen LogP) is 4.33. The summed E-state index contributed by atoms with van der Waals surface area (Å²) in [6, 6.07) is 7.30. The van der Waals surface area contributed by atoms with E-state index in [9.17, 15) is 0 Å². The van der Waals surface area contributed by atoms with E-state index >= 15 is 0 Å². The summed E-state index contributed by atoms with van der Waals surface area (Å²) in [7, 11) is 2.03. The van der Waals surface area contributed by atoms with E-state index in [1.807, 2.05) is 20.2 Å². The molecule has 35 heavy (non-hydrogen) atoms. The van der Waals surface area contributed by atoms with Crippen LogP contribution in [0.3, 0.4) is 0 Å². The number of hydrogen-bond donors (Lipinski definition) is 2. The zero-order chi connectivity index (χ0) is 24.5. The summed E-state index contributed by atoms with van der Waals surface area (Å²) in [5.41, 5.74) is 7.39. The predicted molar refractivity (Wildman–Crippen MR) is 150 cm³/mol. The van der Waals surface area contributed by atoms with Crippen molar-refractivity contribution >= 4 is 17.6 Å². The summed E-state index contributed by atoms with van der Waals surface area (Å²) in [5.74, 6) is 1.09. The zero-order valence-corrected chi connectivity index (χ0v) is 22.0. The minimum Gasteiger partial charge on any atom is -0.368 e. The van der Waals surface area contributed by atoms with Crippen LogP contribution in [0.25, 0.3) is 0 Å². The van der Waals surface area contributed by atoms with Gasteiger partial charge in [-0.3, -0.25) is 4.99 Å². The van der Waals surface area contributed by atoms with Crippen LogP contribution in [0.15, 0.2) is 51.7 Å². The molecular formula is C29H44N6. The lowest BCUT2D eigenvalue weighted by Crippen LogP contribution is -2.47. The summed E-state index contributed by atoms with van der Waals surface area (Å²) in [6.07, 6.45) is 13.9. The largest absolute Gasteiger partial charge is 0.368 e. The Labute approximate surface area is 212 Å². The molecule has 0 spiro atoms. The average molecular weight is 477 g/mol. The highest BCUT2D eigenvalue weighted by Gasteiger charge is 2.25. The van der Waals surface area contributed by atoms with Gasteiger partial charge in [-0.05, 0) is 88.3 Å². The molecule has 0 bridgehead atoms. The van der Waals surface area contributed by atoms with Crippen molar-refractivity contribution < 1.29 is 0 Å². The van der Waals surface area contributed by atoms with Gasteiger partial charge in [0, 0.05) is 69.5 Å². The molecule has 3 aliphatic heterocycles. The van der Waals surface area contributed by atoms with E-state index < -0.39 is 0 Å². The van der Waals surface area contributed by atoms with Gasteiger partial charge in [-0.2, -0.15) is 0 Å². The second kappa shape index (κ2) is 13.0. The second-order valence-corrected chi connectivity index (χ2v) is 9.82. The van der Waals surface area contributed by atoms with E-state index in [1.54, 1.807) is 5.57 Å². The van der Waals surface area contributed by atoms with Crippen LogP contribution in [-0.2, 0) is 13.0 Å². The Balaban J connectivity index is 0.000000239. The lowest BCUT2D eigenvalue weighted by Gasteiger charge is -2.39. The van der Waals surface area contributed by atoms with Crippen LogP contribution in [0, 0.1) is 0 Å². The third-order valence-electron chi connectivity index (χ3n) is 7.50. The highest BCUT2D eigenvalue weighted by atomic mass is 15.3. The maximum atomic E-state index is 4.50. The Morgan fingerprint density at radius 3 is 2.74 bits per heavy atom. The Kier molecular flexibility index (Phi) is 9.55. The maximum Gasteiger partial charge on any atom is 0.123 e. The van der Waals surface area contributed by atoms with Gasteiger partial charge in [0.15, 0.2) is 0 Å².